The Hall–Kier alpha value is -2.59. The van der Waals surface area contributed by atoms with E-state index in [4.69, 9.17) is 9.88 Å². The molecule has 0 bridgehead atoms. The van der Waals surface area contributed by atoms with Crippen molar-refractivity contribution < 1.29 is 17.9 Å². The van der Waals surface area contributed by atoms with Gasteiger partial charge in [-0.15, -0.1) is 0 Å². The van der Waals surface area contributed by atoms with Gasteiger partial charge in [-0.3, -0.25) is 4.79 Å². The van der Waals surface area contributed by atoms with E-state index in [1.807, 2.05) is 34.9 Å². The second kappa shape index (κ2) is 8.61. The van der Waals surface area contributed by atoms with Gasteiger partial charge in [-0.2, -0.15) is 4.99 Å². The molecule has 0 unspecified atom stereocenters. The second-order valence-electron chi connectivity index (χ2n) is 5.90. The van der Waals surface area contributed by atoms with Crippen LogP contribution in [0.4, 0.5) is 0 Å². The van der Waals surface area contributed by atoms with Crippen molar-refractivity contribution in [2.75, 3.05) is 13.7 Å². The molecule has 3 aromatic rings. The molecule has 1 aromatic heterocycles. The number of aromatic nitrogens is 1. The fourth-order valence-electron chi connectivity index (χ4n) is 2.58. The molecule has 0 atom stereocenters. The van der Waals surface area contributed by atoms with Gasteiger partial charge in [0.15, 0.2) is 4.80 Å². The minimum absolute atomic E-state index is 0.0157. The molecule has 28 heavy (non-hydrogen) atoms. The van der Waals surface area contributed by atoms with Gasteiger partial charge in [0.1, 0.15) is 0 Å². The summed E-state index contributed by atoms with van der Waals surface area (Å²) in [6, 6.07) is 14.0. The predicted octanol–water partition coefficient (Wildman–Crippen LogP) is 2.14. The molecule has 0 radical (unpaired) electrons. The van der Waals surface area contributed by atoms with Crippen molar-refractivity contribution >= 4 is 43.6 Å². The molecule has 3 rings (SSSR count). The SMILES string of the molecule is COCCn1c(=NC(=O)C=Cc2ccccc2)sc2cc(S(N)(=O)=O)ccc21. The van der Waals surface area contributed by atoms with Crippen molar-refractivity contribution in [3.05, 3.63) is 65.0 Å². The molecule has 146 valence electrons. The molecule has 0 aliphatic carbocycles. The molecule has 0 saturated carbocycles. The zero-order valence-corrected chi connectivity index (χ0v) is 16.7. The maximum Gasteiger partial charge on any atom is 0.272 e. The van der Waals surface area contributed by atoms with Crippen molar-refractivity contribution in [1.82, 2.24) is 4.57 Å². The summed E-state index contributed by atoms with van der Waals surface area (Å²) in [5.41, 5.74) is 1.65. The lowest BCUT2D eigenvalue weighted by Gasteiger charge is -2.04. The molecule has 0 aliphatic heterocycles. The van der Waals surface area contributed by atoms with Crippen LogP contribution in [0, 0.1) is 0 Å². The summed E-state index contributed by atoms with van der Waals surface area (Å²) in [5.74, 6) is -0.409. The maximum absolute atomic E-state index is 12.3. The zero-order valence-electron chi connectivity index (χ0n) is 15.1. The van der Waals surface area contributed by atoms with E-state index in [-0.39, 0.29) is 4.90 Å². The van der Waals surface area contributed by atoms with E-state index < -0.39 is 15.9 Å². The number of fused-ring (bicyclic) bond motifs is 1. The first kappa shape index (κ1) is 20.2. The number of thiazole rings is 1. The van der Waals surface area contributed by atoms with Gasteiger partial charge in [0.05, 0.1) is 21.7 Å². The van der Waals surface area contributed by atoms with Crippen LogP contribution in [0.15, 0.2) is 64.5 Å². The number of rotatable bonds is 6. The average molecular weight is 418 g/mol. The topological polar surface area (TPSA) is 104 Å². The summed E-state index contributed by atoms with van der Waals surface area (Å²) < 4.78 is 30.8. The second-order valence-corrected chi connectivity index (χ2v) is 8.47. The minimum Gasteiger partial charge on any atom is -0.383 e. The molecular formula is C19H19N3O4S2. The highest BCUT2D eigenvalue weighted by Crippen LogP contribution is 2.21. The first-order valence-electron chi connectivity index (χ1n) is 8.35. The normalized spacial score (nSPS) is 12.9. The molecule has 0 spiro atoms. The van der Waals surface area contributed by atoms with Crippen molar-refractivity contribution in [2.24, 2.45) is 10.1 Å². The van der Waals surface area contributed by atoms with E-state index in [9.17, 15) is 13.2 Å². The van der Waals surface area contributed by atoms with Crippen LogP contribution in [0.5, 0.6) is 0 Å². The van der Waals surface area contributed by atoms with Crippen LogP contribution in [-0.4, -0.2) is 32.6 Å². The van der Waals surface area contributed by atoms with E-state index in [0.717, 1.165) is 11.1 Å². The van der Waals surface area contributed by atoms with E-state index in [2.05, 4.69) is 4.99 Å². The number of carbonyl (C=O) groups excluding carboxylic acids is 1. The number of ether oxygens (including phenoxy) is 1. The Kier molecular flexibility index (Phi) is 6.20. The maximum atomic E-state index is 12.3. The number of hydrogen-bond donors (Lipinski definition) is 1. The average Bonchev–Trinajstić information content (AvgIpc) is 3.01. The Morgan fingerprint density at radius 1 is 1.25 bits per heavy atom. The minimum atomic E-state index is -3.81. The fraction of sp³-hybridized carbons (Fsp3) is 0.158. The summed E-state index contributed by atoms with van der Waals surface area (Å²) >= 11 is 1.22. The van der Waals surface area contributed by atoms with Gasteiger partial charge < -0.3 is 9.30 Å². The van der Waals surface area contributed by atoms with E-state index in [1.54, 1.807) is 19.3 Å². The van der Waals surface area contributed by atoms with Crippen molar-refractivity contribution in [2.45, 2.75) is 11.4 Å². The van der Waals surface area contributed by atoms with Gasteiger partial charge in [0.2, 0.25) is 10.0 Å². The number of nitrogens with zero attached hydrogens (tertiary/aromatic N) is 2. The van der Waals surface area contributed by atoms with Crippen LogP contribution in [0.2, 0.25) is 0 Å². The lowest BCUT2D eigenvalue weighted by molar-refractivity contribution is -0.113. The number of amides is 1. The zero-order chi connectivity index (χ0) is 20.1. The van der Waals surface area contributed by atoms with Gasteiger partial charge in [-0.25, -0.2) is 13.6 Å². The number of benzene rings is 2. The summed E-state index contributed by atoms with van der Waals surface area (Å²) in [4.78, 5) is 17.0. The Balaban J connectivity index is 2.03. The van der Waals surface area contributed by atoms with Gasteiger partial charge in [0, 0.05) is 19.7 Å². The number of carbonyl (C=O) groups is 1. The van der Waals surface area contributed by atoms with Crippen LogP contribution in [0.3, 0.4) is 0 Å². The van der Waals surface area contributed by atoms with Gasteiger partial charge in [-0.05, 0) is 29.8 Å². The molecule has 0 saturated heterocycles. The van der Waals surface area contributed by atoms with Gasteiger partial charge in [-0.1, -0.05) is 41.7 Å². The molecule has 0 aliphatic rings. The van der Waals surface area contributed by atoms with E-state index in [0.29, 0.717) is 22.7 Å². The highest BCUT2D eigenvalue weighted by Gasteiger charge is 2.13. The van der Waals surface area contributed by atoms with Crippen LogP contribution >= 0.6 is 11.3 Å². The number of methoxy groups -OCH3 is 1. The van der Waals surface area contributed by atoms with E-state index >= 15 is 0 Å². The monoisotopic (exact) mass is 417 g/mol. The third kappa shape index (κ3) is 4.82. The molecule has 2 aromatic carbocycles. The Morgan fingerprint density at radius 3 is 2.68 bits per heavy atom. The van der Waals surface area contributed by atoms with Crippen LogP contribution in [0.1, 0.15) is 5.56 Å². The quantitative estimate of drug-likeness (QED) is 0.621. The summed E-state index contributed by atoms with van der Waals surface area (Å²) in [5, 5.41) is 5.21. The first-order chi connectivity index (χ1) is 13.4. The van der Waals surface area contributed by atoms with E-state index in [1.165, 1.54) is 29.5 Å². The predicted molar refractivity (Wildman–Crippen MR) is 109 cm³/mol. The molecular weight excluding hydrogens is 398 g/mol. The third-order valence-corrected chi connectivity index (χ3v) is 5.88. The Morgan fingerprint density at radius 2 is 2.00 bits per heavy atom. The molecule has 0 fully saturated rings. The number of sulfonamides is 1. The summed E-state index contributed by atoms with van der Waals surface area (Å²) in [6.45, 7) is 0.893. The molecule has 2 N–H and O–H groups in total. The van der Waals surface area contributed by atoms with Crippen LogP contribution in [-0.2, 0) is 26.1 Å². The molecule has 9 heteroatoms. The standard InChI is InChI=1S/C19H19N3O4S2/c1-26-12-11-22-16-9-8-15(28(20,24)25)13-17(16)27-19(22)21-18(23)10-7-14-5-3-2-4-6-14/h2-10,13H,11-12H2,1H3,(H2,20,24,25). The third-order valence-electron chi connectivity index (χ3n) is 3.93. The lowest BCUT2D eigenvalue weighted by atomic mass is 10.2. The largest absolute Gasteiger partial charge is 0.383 e. The fourth-order valence-corrected chi connectivity index (χ4v) is 4.29. The smallest absolute Gasteiger partial charge is 0.272 e. The van der Waals surface area contributed by atoms with Crippen LogP contribution in [0.25, 0.3) is 16.3 Å². The highest BCUT2D eigenvalue weighted by molar-refractivity contribution is 7.89. The van der Waals surface area contributed by atoms with Crippen molar-refractivity contribution in [1.29, 1.82) is 0 Å². The summed E-state index contributed by atoms with van der Waals surface area (Å²) in [7, 11) is -2.23. The number of primary sulfonamides is 1. The van der Waals surface area contributed by atoms with Crippen molar-refractivity contribution in [3.63, 3.8) is 0 Å². The molecule has 1 amide bonds. The van der Waals surface area contributed by atoms with Crippen LogP contribution < -0.4 is 9.94 Å². The van der Waals surface area contributed by atoms with Gasteiger partial charge >= 0.3 is 0 Å². The number of nitrogens with two attached hydrogens (primary N) is 1. The summed E-state index contributed by atoms with van der Waals surface area (Å²) in [6.07, 6.45) is 3.09. The van der Waals surface area contributed by atoms with Crippen molar-refractivity contribution in [3.8, 4) is 0 Å². The molecule has 7 nitrogen and oxygen atoms in total. The lowest BCUT2D eigenvalue weighted by Crippen LogP contribution is -2.19. The number of hydrogen-bond acceptors (Lipinski definition) is 5. The van der Waals surface area contributed by atoms with Gasteiger partial charge in [0.25, 0.3) is 5.91 Å². The first-order valence-corrected chi connectivity index (χ1v) is 10.7. The molecule has 1 heterocycles. The highest BCUT2D eigenvalue weighted by atomic mass is 32.2. The Bertz CT molecular complexity index is 1190. The Labute approximate surface area is 166 Å².